The maximum absolute atomic E-state index is 6.25. The average molecular weight is 266 g/mol. The number of hydrogen-bond donors (Lipinski definition) is 1. The lowest BCUT2D eigenvalue weighted by molar-refractivity contribution is 0.313. The van der Waals surface area contributed by atoms with Gasteiger partial charge in [-0.3, -0.25) is 0 Å². The Labute approximate surface area is 116 Å². The van der Waals surface area contributed by atoms with E-state index in [4.69, 9.17) is 11.6 Å². The summed E-state index contributed by atoms with van der Waals surface area (Å²) in [6.07, 6.45) is 6.46. The fourth-order valence-corrected chi connectivity index (χ4v) is 2.95. The predicted octanol–water partition coefficient (Wildman–Crippen LogP) is 5.42. The molecule has 1 nitrogen and oxygen atoms in total. The van der Waals surface area contributed by atoms with Gasteiger partial charge in [0.05, 0.1) is 10.7 Å². The van der Waals surface area contributed by atoms with Crippen LogP contribution in [0.5, 0.6) is 0 Å². The van der Waals surface area contributed by atoms with Crippen LogP contribution in [0.2, 0.25) is 5.02 Å². The molecule has 18 heavy (non-hydrogen) atoms. The number of anilines is 1. The minimum Gasteiger partial charge on any atom is -0.381 e. The van der Waals surface area contributed by atoms with E-state index in [1.807, 2.05) is 6.07 Å². The molecule has 1 saturated carbocycles. The third-order valence-corrected chi connectivity index (χ3v) is 4.39. The van der Waals surface area contributed by atoms with E-state index >= 15 is 0 Å². The largest absolute Gasteiger partial charge is 0.381 e. The van der Waals surface area contributed by atoms with Crippen LogP contribution in [0.1, 0.15) is 51.5 Å². The van der Waals surface area contributed by atoms with Gasteiger partial charge in [-0.25, -0.2) is 0 Å². The van der Waals surface area contributed by atoms with E-state index in [0.717, 1.165) is 10.7 Å². The zero-order valence-corrected chi connectivity index (χ0v) is 12.5. The van der Waals surface area contributed by atoms with Crippen LogP contribution >= 0.6 is 11.6 Å². The van der Waals surface area contributed by atoms with Crippen molar-refractivity contribution in [2.24, 2.45) is 5.41 Å². The average Bonchev–Trinajstić information content (AvgIpc) is 2.46. The second-order valence-electron chi connectivity index (χ2n) is 6.42. The highest BCUT2D eigenvalue weighted by atomic mass is 35.5. The molecule has 100 valence electrons. The molecular formula is C16H24ClN. The Hall–Kier alpha value is -0.690. The van der Waals surface area contributed by atoms with Crippen LogP contribution in [0.15, 0.2) is 18.2 Å². The van der Waals surface area contributed by atoms with Crippen molar-refractivity contribution in [1.82, 2.24) is 0 Å². The number of aryl methyl sites for hydroxylation is 1. The summed E-state index contributed by atoms with van der Waals surface area (Å²) < 4.78 is 0. The Morgan fingerprint density at radius 2 is 2.00 bits per heavy atom. The zero-order chi connectivity index (χ0) is 13.2. The molecule has 1 aromatic carbocycles. The lowest BCUT2D eigenvalue weighted by Gasteiger charge is -2.22. The number of benzene rings is 1. The summed E-state index contributed by atoms with van der Waals surface area (Å²) in [6.45, 7) is 6.88. The van der Waals surface area contributed by atoms with Crippen molar-refractivity contribution in [1.29, 1.82) is 0 Å². The van der Waals surface area contributed by atoms with Crippen LogP contribution in [0, 0.1) is 12.3 Å². The number of nitrogens with one attached hydrogen (secondary N) is 1. The lowest BCUT2D eigenvalue weighted by atomic mass is 9.85. The van der Waals surface area contributed by atoms with Crippen molar-refractivity contribution >= 4 is 17.3 Å². The van der Waals surface area contributed by atoms with Crippen molar-refractivity contribution in [2.45, 2.75) is 58.9 Å². The molecular weight excluding hydrogens is 242 g/mol. The molecule has 1 N–H and O–H groups in total. The molecule has 1 aliphatic carbocycles. The summed E-state index contributed by atoms with van der Waals surface area (Å²) in [6, 6.07) is 6.77. The molecule has 0 aromatic heterocycles. The first-order chi connectivity index (χ1) is 8.46. The van der Waals surface area contributed by atoms with Gasteiger partial charge in [-0.15, -0.1) is 0 Å². The van der Waals surface area contributed by atoms with Gasteiger partial charge in [0.15, 0.2) is 0 Å². The number of rotatable bonds is 2. The molecule has 1 atom stereocenters. The molecule has 2 heteroatoms. The van der Waals surface area contributed by atoms with E-state index in [-0.39, 0.29) is 0 Å². The molecule has 0 spiro atoms. The molecule has 2 rings (SSSR count). The van der Waals surface area contributed by atoms with Gasteiger partial charge < -0.3 is 5.32 Å². The van der Waals surface area contributed by atoms with Gasteiger partial charge in [-0.2, -0.15) is 0 Å². The summed E-state index contributed by atoms with van der Waals surface area (Å²) in [4.78, 5) is 0. The topological polar surface area (TPSA) is 12.0 Å². The van der Waals surface area contributed by atoms with Crippen molar-refractivity contribution in [3.63, 3.8) is 0 Å². The lowest BCUT2D eigenvalue weighted by Crippen LogP contribution is -2.19. The first-order valence-electron chi connectivity index (χ1n) is 6.99. The SMILES string of the molecule is Cc1ccc(Cl)c(NC2CCCC(C)(C)CC2)c1. The van der Waals surface area contributed by atoms with Gasteiger partial charge >= 0.3 is 0 Å². The van der Waals surface area contributed by atoms with Crippen LogP contribution in [0.4, 0.5) is 5.69 Å². The molecule has 0 bridgehead atoms. The van der Waals surface area contributed by atoms with Crippen LogP contribution < -0.4 is 5.32 Å². The highest BCUT2D eigenvalue weighted by Gasteiger charge is 2.24. The molecule has 1 aromatic rings. The van der Waals surface area contributed by atoms with E-state index < -0.39 is 0 Å². The molecule has 0 heterocycles. The van der Waals surface area contributed by atoms with E-state index in [1.54, 1.807) is 0 Å². The third-order valence-electron chi connectivity index (χ3n) is 4.06. The molecule has 1 unspecified atom stereocenters. The Morgan fingerprint density at radius 1 is 1.22 bits per heavy atom. The Bertz CT molecular complexity index is 412. The highest BCUT2D eigenvalue weighted by Crippen LogP contribution is 2.35. The van der Waals surface area contributed by atoms with Crippen LogP contribution in [0.3, 0.4) is 0 Å². The third kappa shape index (κ3) is 3.65. The standard InChI is InChI=1S/C16H24ClN/c1-12-6-7-14(17)15(11-12)18-13-5-4-9-16(2,3)10-8-13/h6-7,11,13,18H,4-5,8-10H2,1-3H3. The van der Waals surface area contributed by atoms with Gasteiger partial charge in [0.1, 0.15) is 0 Å². The van der Waals surface area contributed by atoms with E-state index in [9.17, 15) is 0 Å². The van der Waals surface area contributed by atoms with Gasteiger partial charge in [0.25, 0.3) is 0 Å². The van der Waals surface area contributed by atoms with Crippen molar-refractivity contribution in [3.05, 3.63) is 28.8 Å². The molecule has 1 fully saturated rings. The van der Waals surface area contributed by atoms with E-state index in [2.05, 4.69) is 38.2 Å². The monoisotopic (exact) mass is 265 g/mol. The van der Waals surface area contributed by atoms with Gasteiger partial charge in [-0.05, 0) is 55.7 Å². The van der Waals surface area contributed by atoms with E-state index in [1.165, 1.54) is 37.7 Å². The molecule has 0 saturated heterocycles. The van der Waals surface area contributed by atoms with Crippen molar-refractivity contribution < 1.29 is 0 Å². The van der Waals surface area contributed by atoms with Crippen LogP contribution in [-0.4, -0.2) is 6.04 Å². The quantitative estimate of drug-likeness (QED) is 0.704. The first kappa shape index (κ1) is 13.7. The second-order valence-corrected chi connectivity index (χ2v) is 6.83. The van der Waals surface area contributed by atoms with Gasteiger partial charge in [0.2, 0.25) is 0 Å². The Morgan fingerprint density at radius 3 is 2.78 bits per heavy atom. The summed E-state index contributed by atoms with van der Waals surface area (Å²) in [5.41, 5.74) is 2.87. The molecule has 0 aliphatic heterocycles. The predicted molar refractivity (Wildman–Crippen MR) is 80.5 cm³/mol. The number of hydrogen-bond acceptors (Lipinski definition) is 1. The van der Waals surface area contributed by atoms with Crippen molar-refractivity contribution in [3.8, 4) is 0 Å². The van der Waals surface area contributed by atoms with Crippen LogP contribution in [0.25, 0.3) is 0 Å². The highest BCUT2D eigenvalue weighted by molar-refractivity contribution is 6.33. The second kappa shape index (κ2) is 5.52. The summed E-state index contributed by atoms with van der Waals surface area (Å²) in [5.74, 6) is 0. The summed E-state index contributed by atoms with van der Waals surface area (Å²) in [5, 5.41) is 4.47. The fraction of sp³-hybridized carbons (Fsp3) is 0.625. The van der Waals surface area contributed by atoms with Gasteiger partial charge in [0, 0.05) is 6.04 Å². The van der Waals surface area contributed by atoms with Gasteiger partial charge in [-0.1, -0.05) is 37.9 Å². The molecule has 0 amide bonds. The summed E-state index contributed by atoms with van der Waals surface area (Å²) in [7, 11) is 0. The molecule has 0 radical (unpaired) electrons. The molecule has 1 aliphatic rings. The Kier molecular flexibility index (Phi) is 4.21. The fourth-order valence-electron chi connectivity index (χ4n) is 2.78. The first-order valence-corrected chi connectivity index (χ1v) is 7.37. The maximum Gasteiger partial charge on any atom is 0.0637 e. The normalized spacial score (nSPS) is 23.4. The van der Waals surface area contributed by atoms with Crippen LogP contribution in [-0.2, 0) is 0 Å². The van der Waals surface area contributed by atoms with E-state index in [0.29, 0.717) is 11.5 Å². The zero-order valence-electron chi connectivity index (χ0n) is 11.7. The van der Waals surface area contributed by atoms with Crippen molar-refractivity contribution in [2.75, 3.05) is 5.32 Å². The number of halogens is 1. The summed E-state index contributed by atoms with van der Waals surface area (Å²) >= 11 is 6.25. The Balaban J connectivity index is 2.03. The maximum atomic E-state index is 6.25. The smallest absolute Gasteiger partial charge is 0.0637 e. The minimum absolute atomic E-state index is 0.507. The minimum atomic E-state index is 0.507.